The standard InChI is InChI=1S/C11H18N2O4/c14-10(15)9-2-4-13(8-9)11(16)12-3-1-6-17-7-5-12/h9H,1-8H2,(H,14,15). The highest BCUT2D eigenvalue weighted by molar-refractivity contribution is 5.77. The largest absolute Gasteiger partial charge is 0.481 e. The molecular weight excluding hydrogens is 224 g/mol. The predicted octanol–water partition coefficient (Wildman–Crippen LogP) is 0.235. The molecule has 0 aromatic carbocycles. The molecule has 2 rings (SSSR count). The first-order chi connectivity index (χ1) is 8.18. The minimum Gasteiger partial charge on any atom is -0.481 e. The highest BCUT2D eigenvalue weighted by Crippen LogP contribution is 2.18. The summed E-state index contributed by atoms with van der Waals surface area (Å²) in [5.41, 5.74) is 0. The van der Waals surface area contributed by atoms with Gasteiger partial charge in [-0.05, 0) is 12.8 Å². The minimum absolute atomic E-state index is 0.0424. The van der Waals surface area contributed by atoms with Gasteiger partial charge in [-0.15, -0.1) is 0 Å². The van der Waals surface area contributed by atoms with Gasteiger partial charge in [0.25, 0.3) is 0 Å². The molecule has 17 heavy (non-hydrogen) atoms. The van der Waals surface area contributed by atoms with Gasteiger partial charge in [-0.2, -0.15) is 0 Å². The van der Waals surface area contributed by atoms with Crippen molar-refractivity contribution in [3.8, 4) is 0 Å². The Morgan fingerprint density at radius 1 is 1.12 bits per heavy atom. The van der Waals surface area contributed by atoms with Crippen LogP contribution in [0, 0.1) is 5.92 Å². The first kappa shape index (κ1) is 12.2. The number of nitrogens with zero attached hydrogens (tertiary/aromatic N) is 2. The van der Waals surface area contributed by atoms with Crippen molar-refractivity contribution in [2.45, 2.75) is 12.8 Å². The predicted molar refractivity (Wildman–Crippen MR) is 59.7 cm³/mol. The zero-order chi connectivity index (χ0) is 12.3. The second-order valence-electron chi connectivity index (χ2n) is 4.51. The lowest BCUT2D eigenvalue weighted by atomic mass is 10.1. The number of hydrogen-bond acceptors (Lipinski definition) is 3. The van der Waals surface area contributed by atoms with E-state index >= 15 is 0 Å². The Labute approximate surface area is 100 Å². The number of ether oxygens (including phenoxy) is 1. The fourth-order valence-electron chi connectivity index (χ4n) is 2.27. The fraction of sp³-hybridized carbons (Fsp3) is 0.818. The third-order valence-corrected chi connectivity index (χ3v) is 3.30. The quantitative estimate of drug-likeness (QED) is 0.715. The molecule has 0 aromatic heterocycles. The van der Waals surface area contributed by atoms with E-state index in [2.05, 4.69) is 0 Å². The van der Waals surface area contributed by atoms with Gasteiger partial charge < -0.3 is 19.6 Å². The number of rotatable bonds is 1. The van der Waals surface area contributed by atoms with Gasteiger partial charge in [0, 0.05) is 32.8 Å². The van der Waals surface area contributed by atoms with Gasteiger partial charge in [0.2, 0.25) is 0 Å². The topological polar surface area (TPSA) is 70.1 Å². The second-order valence-corrected chi connectivity index (χ2v) is 4.51. The molecule has 0 radical (unpaired) electrons. The average molecular weight is 242 g/mol. The molecule has 6 heteroatoms. The number of hydrogen-bond donors (Lipinski definition) is 1. The van der Waals surface area contributed by atoms with Crippen molar-refractivity contribution in [2.24, 2.45) is 5.92 Å². The van der Waals surface area contributed by atoms with E-state index in [1.165, 1.54) is 0 Å². The van der Waals surface area contributed by atoms with E-state index in [4.69, 9.17) is 9.84 Å². The Morgan fingerprint density at radius 3 is 2.65 bits per heavy atom. The number of carboxylic acid groups (broad SMARTS) is 1. The molecule has 2 aliphatic heterocycles. The van der Waals surface area contributed by atoms with Gasteiger partial charge in [-0.25, -0.2) is 4.79 Å². The number of aliphatic carboxylic acids is 1. The summed E-state index contributed by atoms with van der Waals surface area (Å²) in [6.45, 7) is 3.46. The Bertz CT molecular complexity index is 300. The van der Waals surface area contributed by atoms with Crippen LogP contribution in [0.1, 0.15) is 12.8 Å². The lowest BCUT2D eigenvalue weighted by Gasteiger charge is -2.26. The van der Waals surface area contributed by atoms with Crippen LogP contribution in [0.2, 0.25) is 0 Å². The van der Waals surface area contributed by atoms with Crippen LogP contribution in [0.25, 0.3) is 0 Å². The summed E-state index contributed by atoms with van der Waals surface area (Å²) in [5.74, 6) is -1.21. The summed E-state index contributed by atoms with van der Waals surface area (Å²) in [5, 5.41) is 8.90. The van der Waals surface area contributed by atoms with Gasteiger partial charge >= 0.3 is 12.0 Å². The number of carbonyl (C=O) groups is 2. The van der Waals surface area contributed by atoms with Gasteiger partial charge in [0.1, 0.15) is 0 Å². The van der Waals surface area contributed by atoms with Crippen LogP contribution in [0.3, 0.4) is 0 Å². The SMILES string of the molecule is O=C(O)C1CCN(C(=O)N2CCCOCC2)C1. The fourth-order valence-corrected chi connectivity index (χ4v) is 2.27. The molecule has 0 aliphatic carbocycles. The first-order valence-electron chi connectivity index (χ1n) is 6.03. The molecule has 2 aliphatic rings. The Hall–Kier alpha value is -1.30. The zero-order valence-corrected chi connectivity index (χ0v) is 9.80. The molecule has 0 bridgehead atoms. The van der Waals surface area contributed by atoms with Gasteiger partial charge in [-0.1, -0.05) is 0 Å². The van der Waals surface area contributed by atoms with Crippen LogP contribution in [-0.2, 0) is 9.53 Å². The summed E-state index contributed by atoms with van der Waals surface area (Å²) in [6.07, 6.45) is 1.41. The van der Waals surface area contributed by atoms with Crippen LogP contribution < -0.4 is 0 Å². The lowest BCUT2D eigenvalue weighted by molar-refractivity contribution is -0.141. The molecule has 1 N–H and O–H groups in total. The maximum absolute atomic E-state index is 12.1. The molecule has 2 fully saturated rings. The highest BCUT2D eigenvalue weighted by atomic mass is 16.5. The summed E-state index contributed by atoms with van der Waals surface area (Å²) in [7, 11) is 0. The van der Waals surface area contributed by atoms with Crippen LogP contribution in [0.4, 0.5) is 4.79 Å². The van der Waals surface area contributed by atoms with Crippen molar-refractivity contribution in [3.63, 3.8) is 0 Å². The highest BCUT2D eigenvalue weighted by Gasteiger charge is 2.33. The maximum Gasteiger partial charge on any atom is 0.320 e. The van der Waals surface area contributed by atoms with E-state index in [0.29, 0.717) is 45.8 Å². The number of urea groups is 1. The molecule has 1 unspecified atom stereocenters. The van der Waals surface area contributed by atoms with E-state index in [-0.39, 0.29) is 6.03 Å². The number of likely N-dealkylation sites (tertiary alicyclic amines) is 1. The van der Waals surface area contributed by atoms with Crippen LogP contribution in [-0.4, -0.2) is 66.3 Å². The normalized spacial score (nSPS) is 25.8. The molecule has 6 nitrogen and oxygen atoms in total. The Morgan fingerprint density at radius 2 is 1.94 bits per heavy atom. The van der Waals surface area contributed by atoms with E-state index < -0.39 is 11.9 Å². The minimum atomic E-state index is -0.806. The van der Waals surface area contributed by atoms with E-state index in [9.17, 15) is 9.59 Å². The lowest BCUT2D eigenvalue weighted by Crippen LogP contribution is -2.43. The second kappa shape index (κ2) is 5.35. The summed E-state index contributed by atoms with van der Waals surface area (Å²) in [4.78, 5) is 26.4. The third-order valence-electron chi connectivity index (χ3n) is 3.30. The molecular formula is C11H18N2O4. The molecule has 96 valence electrons. The van der Waals surface area contributed by atoms with E-state index in [1.54, 1.807) is 9.80 Å². The maximum atomic E-state index is 12.1. The van der Waals surface area contributed by atoms with Crippen LogP contribution in [0.5, 0.6) is 0 Å². The van der Waals surface area contributed by atoms with Crippen LogP contribution in [0.15, 0.2) is 0 Å². The smallest absolute Gasteiger partial charge is 0.320 e. The van der Waals surface area contributed by atoms with E-state index in [0.717, 1.165) is 6.42 Å². The Kier molecular flexibility index (Phi) is 3.83. The van der Waals surface area contributed by atoms with Crippen molar-refractivity contribution in [1.29, 1.82) is 0 Å². The third kappa shape index (κ3) is 2.88. The Balaban J connectivity index is 1.89. The van der Waals surface area contributed by atoms with Crippen molar-refractivity contribution >= 4 is 12.0 Å². The molecule has 2 saturated heterocycles. The average Bonchev–Trinajstić information content (AvgIpc) is 2.65. The zero-order valence-electron chi connectivity index (χ0n) is 9.80. The van der Waals surface area contributed by atoms with Crippen molar-refractivity contribution in [1.82, 2.24) is 9.80 Å². The monoisotopic (exact) mass is 242 g/mol. The summed E-state index contributed by atoms with van der Waals surface area (Å²) >= 11 is 0. The number of amides is 2. The molecule has 0 saturated carbocycles. The van der Waals surface area contributed by atoms with Gasteiger partial charge in [0.15, 0.2) is 0 Å². The molecule has 0 aromatic rings. The van der Waals surface area contributed by atoms with Crippen LogP contribution >= 0.6 is 0 Å². The van der Waals surface area contributed by atoms with Crippen molar-refractivity contribution in [3.05, 3.63) is 0 Å². The summed E-state index contributed by atoms with van der Waals surface area (Å²) in [6, 6.07) is -0.0424. The van der Waals surface area contributed by atoms with Gasteiger partial charge in [0.05, 0.1) is 12.5 Å². The van der Waals surface area contributed by atoms with Gasteiger partial charge in [-0.3, -0.25) is 4.79 Å². The first-order valence-corrected chi connectivity index (χ1v) is 6.03. The molecule has 2 heterocycles. The summed E-state index contributed by atoms with van der Waals surface area (Å²) < 4.78 is 5.29. The molecule has 0 spiro atoms. The van der Waals surface area contributed by atoms with E-state index in [1.807, 2.05) is 0 Å². The number of carbonyl (C=O) groups excluding carboxylic acids is 1. The van der Waals surface area contributed by atoms with Crippen molar-refractivity contribution in [2.75, 3.05) is 39.4 Å². The number of carboxylic acids is 1. The molecule has 2 amide bonds. The van der Waals surface area contributed by atoms with Crippen molar-refractivity contribution < 1.29 is 19.4 Å². The molecule has 1 atom stereocenters.